The number of amides is 1. The van der Waals surface area contributed by atoms with Crippen molar-refractivity contribution < 1.29 is 9.53 Å². The second-order valence-electron chi connectivity index (χ2n) is 6.56. The van der Waals surface area contributed by atoms with E-state index in [4.69, 9.17) is 4.74 Å². The van der Waals surface area contributed by atoms with Crippen LogP contribution in [0.5, 0.6) is 0 Å². The van der Waals surface area contributed by atoms with Gasteiger partial charge in [0.2, 0.25) is 5.91 Å². The van der Waals surface area contributed by atoms with Crippen LogP contribution in [-0.2, 0) is 16.1 Å². The molecule has 0 aromatic carbocycles. The average molecular weight is 343 g/mol. The quantitative estimate of drug-likeness (QED) is 0.907. The number of aromatic nitrogens is 1. The molecule has 3 atom stereocenters. The molecule has 1 N–H and O–H groups in total. The number of thiophene rings is 1. The third kappa shape index (κ3) is 3.50. The predicted octanol–water partition coefficient (Wildman–Crippen LogP) is 2.62. The van der Waals surface area contributed by atoms with Gasteiger partial charge in [0, 0.05) is 43.0 Å². The smallest absolute Gasteiger partial charge is 0.224 e. The van der Waals surface area contributed by atoms with Gasteiger partial charge in [0.15, 0.2) is 0 Å². The number of likely N-dealkylation sites (tertiary alicyclic amines) is 1. The van der Waals surface area contributed by atoms with Gasteiger partial charge in [-0.2, -0.15) is 0 Å². The first-order chi connectivity index (χ1) is 11.8. The molecule has 2 fully saturated rings. The van der Waals surface area contributed by atoms with E-state index < -0.39 is 0 Å². The molecule has 1 amide bonds. The van der Waals surface area contributed by atoms with Gasteiger partial charge in [-0.3, -0.25) is 14.7 Å². The van der Waals surface area contributed by atoms with Crippen LogP contribution in [0.25, 0.3) is 0 Å². The summed E-state index contributed by atoms with van der Waals surface area (Å²) in [5, 5.41) is 5.05. The summed E-state index contributed by atoms with van der Waals surface area (Å²) in [6.45, 7) is 3.68. The highest BCUT2D eigenvalue weighted by molar-refractivity contribution is 7.09. The fourth-order valence-corrected chi connectivity index (χ4v) is 4.48. The minimum Gasteiger partial charge on any atom is -0.376 e. The van der Waals surface area contributed by atoms with Gasteiger partial charge in [0.25, 0.3) is 0 Å². The Kier molecular flexibility index (Phi) is 4.60. The summed E-state index contributed by atoms with van der Waals surface area (Å²) < 4.78 is 5.96. The van der Waals surface area contributed by atoms with E-state index in [0.29, 0.717) is 24.9 Å². The van der Waals surface area contributed by atoms with Crippen molar-refractivity contribution in [2.75, 3.05) is 25.0 Å². The van der Waals surface area contributed by atoms with E-state index >= 15 is 0 Å². The van der Waals surface area contributed by atoms with Crippen LogP contribution in [0, 0.1) is 11.8 Å². The second kappa shape index (κ2) is 7.01. The van der Waals surface area contributed by atoms with Crippen molar-refractivity contribution in [1.82, 2.24) is 9.88 Å². The Labute approximate surface area is 145 Å². The first-order valence-corrected chi connectivity index (χ1v) is 9.22. The molecular formula is C18H21N3O2S. The van der Waals surface area contributed by atoms with E-state index in [9.17, 15) is 4.79 Å². The van der Waals surface area contributed by atoms with Crippen LogP contribution in [0.3, 0.4) is 0 Å². The zero-order chi connectivity index (χ0) is 16.4. The van der Waals surface area contributed by atoms with Crippen LogP contribution >= 0.6 is 11.3 Å². The second-order valence-corrected chi connectivity index (χ2v) is 7.60. The maximum absolute atomic E-state index is 12.3. The molecule has 5 nitrogen and oxygen atoms in total. The Morgan fingerprint density at radius 1 is 1.38 bits per heavy atom. The number of rotatable bonds is 5. The van der Waals surface area contributed by atoms with Crippen molar-refractivity contribution in [2.24, 2.45) is 11.8 Å². The van der Waals surface area contributed by atoms with Crippen molar-refractivity contribution in [3.8, 4) is 0 Å². The lowest BCUT2D eigenvalue weighted by Gasteiger charge is -2.18. The summed E-state index contributed by atoms with van der Waals surface area (Å²) in [6.07, 6.45) is 4.17. The van der Waals surface area contributed by atoms with Gasteiger partial charge < -0.3 is 10.1 Å². The van der Waals surface area contributed by atoms with Gasteiger partial charge in [0.05, 0.1) is 24.6 Å². The maximum Gasteiger partial charge on any atom is 0.224 e. The number of carbonyl (C=O) groups excluding carboxylic acids is 1. The van der Waals surface area contributed by atoms with E-state index in [1.54, 1.807) is 23.7 Å². The van der Waals surface area contributed by atoms with Crippen molar-refractivity contribution in [1.29, 1.82) is 0 Å². The molecule has 2 aromatic heterocycles. The largest absolute Gasteiger partial charge is 0.376 e. The van der Waals surface area contributed by atoms with Crippen LogP contribution in [0.1, 0.15) is 11.3 Å². The molecule has 24 heavy (non-hydrogen) atoms. The average Bonchev–Trinajstić information content (AvgIpc) is 3.28. The molecule has 4 heterocycles. The van der Waals surface area contributed by atoms with Crippen molar-refractivity contribution in [2.45, 2.75) is 19.1 Å². The number of fused-ring (bicyclic) bond motifs is 1. The SMILES string of the molecule is O=C(C[C@@H]1CO[C@H]2CN(Cc3cccs3)C[C@@H]12)Nc1cccnc1. The third-order valence-corrected chi connectivity index (χ3v) is 5.73. The van der Waals surface area contributed by atoms with Gasteiger partial charge in [0.1, 0.15) is 0 Å². The number of anilines is 1. The van der Waals surface area contributed by atoms with E-state index in [0.717, 1.165) is 25.3 Å². The highest BCUT2D eigenvalue weighted by Gasteiger charge is 2.44. The first-order valence-electron chi connectivity index (χ1n) is 8.34. The highest BCUT2D eigenvalue weighted by atomic mass is 32.1. The molecule has 4 rings (SSSR count). The summed E-state index contributed by atoms with van der Waals surface area (Å²) in [5.41, 5.74) is 0.753. The van der Waals surface area contributed by atoms with Gasteiger partial charge >= 0.3 is 0 Å². The van der Waals surface area contributed by atoms with Crippen molar-refractivity contribution >= 4 is 22.9 Å². The standard InChI is InChI=1S/C18H21N3O2S/c22-18(20-14-3-1-5-19-8-14)7-13-12-23-17-11-21(10-16(13)17)9-15-4-2-6-24-15/h1-6,8,13,16-17H,7,9-12H2,(H,20,22)/t13-,16+,17+/m1/s1. The van der Waals surface area contributed by atoms with Gasteiger partial charge in [-0.25, -0.2) is 0 Å². The molecule has 6 heteroatoms. The van der Waals surface area contributed by atoms with Crippen LogP contribution < -0.4 is 5.32 Å². The minimum absolute atomic E-state index is 0.0500. The molecule has 0 radical (unpaired) electrons. The van der Waals surface area contributed by atoms with Crippen LogP contribution in [-0.4, -0.2) is 41.6 Å². The van der Waals surface area contributed by atoms with Gasteiger partial charge in [-0.05, 0) is 29.5 Å². The van der Waals surface area contributed by atoms with Crippen molar-refractivity contribution in [3.05, 3.63) is 46.9 Å². The molecule has 2 saturated heterocycles. The molecule has 0 bridgehead atoms. The normalized spacial score (nSPS) is 26.4. The maximum atomic E-state index is 12.3. The topological polar surface area (TPSA) is 54.5 Å². The van der Waals surface area contributed by atoms with E-state index in [1.807, 2.05) is 12.1 Å². The Morgan fingerprint density at radius 3 is 3.12 bits per heavy atom. The summed E-state index contributed by atoms with van der Waals surface area (Å²) in [6, 6.07) is 7.96. The molecule has 126 valence electrons. The van der Waals surface area contributed by atoms with Crippen LogP contribution in [0.2, 0.25) is 0 Å². The highest BCUT2D eigenvalue weighted by Crippen LogP contribution is 2.36. The molecule has 2 aliphatic heterocycles. The molecule has 0 spiro atoms. The number of carbonyl (C=O) groups is 1. The number of pyridine rings is 1. The number of ether oxygens (including phenoxy) is 1. The number of hydrogen-bond acceptors (Lipinski definition) is 5. The Hall–Kier alpha value is -1.76. The summed E-state index contributed by atoms with van der Waals surface area (Å²) in [5.74, 6) is 0.818. The number of nitrogens with zero attached hydrogens (tertiary/aromatic N) is 2. The summed E-state index contributed by atoms with van der Waals surface area (Å²) in [4.78, 5) is 20.2. The first kappa shape index (κ1) is 15.7. The summed E-state index contributed by atoms with van der Waals surface area (Å²) >= 11 is 1.80. The predicted molar refractivity (Wildman–Crippen MR) is 93.8 cm³/mol. The summed E-state index contributed by atoms with van der Waals surface area (Å²) in [7, 11) is 0. The lowest BCUT2D eigenvalue weighted by Crippen LogP contribution is -2.26. The third-order valence-electron chi connectivity index (χ3n) is 4.87. The monoisotopic (exact) mass is 343 g/mol. The molecule has 2 aliphatic rings. The van der Waals surface area contributed by atoms with E-state index in [2.05, 4.69) is 32.7 Å². The van der Waals surface area contributed by atoms with E-state index in [1.165, 1.54) is 4.88 Å². The van der Waals surface area contributed by atoms with Crippen molar-refractivity contribution in [3.63, 3.8) is 0 Å². The Morgan fingerprint density at radius 2 is 2.33 bits per heavy atom. The molecular weight excluding hydrogens is 322 g/mol. The van der Waals surface area contributed by atoms with E-state index in [-0.39, 0.29) is 12.0 Å². The lowest BCUT2D eigenvalue weighted by molar-refractivity contribution is -0.117. The number of nitrogens with one attached hydrogen (secondary N) is 1. The number of hydrogen-bond donors (Lipinski definition) is 1. The fraction of sp³-hybridized carbons (Fsp3) is 0.444. The van der Waals surface area contributed by atoms with Gasteiger partial charge in [-0.1, -0.05) is 6.07 Å². The Balaban J connectivity index is 1.31. The Bertz CT molecular complexity index is 677. The molecule has 0 aliphatic carbocycles. The molecule has 2 aromatic rings. The minimum atomic E-state index is 0.0500. The zero-order valence-corrected chi connectivity index (χ0v) is 14.2. The van der Waals surface area contributed by atoms with Crippen LogP contribution in [0.4, 0.5) is 5.69 Å². The fourth-order valence-electron chi connectivity index (χ4n) is 3.73. The zero-order valence-electron chi connectivity index (χ0n) is 13.4. The van der Waals surface area contributed by atoms with Gasteiger partial charge in [-0.15, -0.1) is 11.3 Å². The lowest BCUT2D eigenvalue weighted by atomic mass is 9.90. The van der Waals surface area contributed by atoms with Crippen LogP contribution in [0.15, 0.2) is 42.0 Å². The molecule has 0 unspecified atom stereocenters. The molecule has 0 saturated carbocycles.